The second-order valence-electron chi connectivity index (χ2n) is 6.84. The molecule has 32 heavy (non-hydrogen) atoms. The lowest BCUT2D eigenvalue weighted by atomic mass is 10.1. The summed E-state index contributed by atoms with van der Waals surface area (Å²) in [7, 11) is -3.60. The molecule has 0 aliphatic heterocycles. The first-order valence-corrected chi connectivity index (χ1v) is 12.3. The fourth-order valence-corrected chi connectivity index (χ4v) is 4.93. The van der Waals surface area contributed by atoms with E-state index in [9.17, 15) is 18.0 Å². The van der Waals surface area contributed by atoms with Crippen molar-refractivity contribution in [1.82, 2.24) is 14.8 Å². The van der Waals surface area contributed by atoms with Gasteiger partial charge in [0.1, 0.15) is 11.6 Å². The lowest BCUT2D eigenvalue weighted by Gasteiger charge is -2.09. The van der Waals surface area contributed by atoms with E-state index in [2.05, 4.69) is 22.1 Å². The highest BCUT2D eigenvalue weighted by Gasteiger charge is 2.21. The maximum Gasteiger partial charge on any atom is 0.234 e. The van der Waals surface area contributed by atoms with Crippen LogP contribution in [0.2, 0.25) is 0 Å². The van der Waals surface area contributed by atoms with Gasteiger partial charge in [0.25, 0.3) is 0 Å². The van der Waals surface area contributed by atoms with Crippen LogP contribution in [0.25, 0.3) is 0 Å². The predicted molar refractivity (Wildman–Crippen MR) is 123 cm³/mol. The normalized spacial score (nSPS) is 11.2. The number of hydrogen-bond acceptors (Lipinski definition) is 7. The Hall–Kier alpha value is -3.24. The molecule has 1 N–H and O–H groups in total. The van der Waals surface area contributed by atoms with Gasteiger partial charge in [0.15, 0.2) is 20.8 Å². The number of hydrogen-bond donors (Lipinski definition) is 1. The van der Waals surface area contributed by atoms with Crippen molar-refractivity contribution in [3.05, 3.63) is 78.6 Å². The Morgan fingerprint density at radius 2 is 1.88 bits per heavy atom. The van der Waals surface area contributed by atoms with Gasteiger partial charge < -0.3 is 9.88 Å². The second kappa shape index (κ2) is 10.4. The summed E-state index contributed by atoms with van der Waals surface area (Å²) < 4.78 is 27.0. The number of ketones is 1. The van der Waals surface area contributed by atoms with E-state index in [4.69, 9.17) is 0 Å². The lowest BCUT2D eigenvalue weighted by molar-refractivity contribution is -0.113. The van der Waals surface area contributed by atoms with Gasteiger partial charge in [-0.25, -0.2) is 8.42 Å². The summed E-state index contributed by atoms with van der Waals surface area (Å²) in [4.78, 5) is 24.1. The van der Waals surface area contributed by atoms with E-state index in [1.54, 1.807) is 53.1 Å². The third kappa shape index (κ3) is 5.92. The number of anilines is 1. The number of carbonyl (C=O) groups is 2. The van der Waals surface area contributed by atoms with Gasteiger partial charge in [-0.15, -0.1) is 16.8 Å². The molecule has 0 saturated heterocycles. The Morgan fingerprint density at radius 3 is 2.56 bits per heavy atom. The fourth-order valence-electron chi connectivity index (χ4n) is 2.87. The van der Waals surface area contributed by atoms with Crippen LogP contribution in [-0.4, -0.2) is 40.6 Å². The van der Waals surface area contributed by atoms with Crippen LogP contribution >= 0.6 is 11.8 Å². The van der Waals surface area contributed by atoms with Crippen molar-refractivity contribution in [3.63, 3.8) is 0 Å². The van der Waals surface area contributed by atoms with E-state index in [1.165, 1.54) is 19.1 Å². The maximum absolute atomic E-state index is 12.7. The molecular formula is C22H22N4O4S2. The Balaban J connectivity index is 1.70. The summed E-state index contributed by atoms with van der Waals surface area (Å²) in [6, 6.07) is 14.8. The van der Waals surface area contributed by atoms with Crippen LogP contribution in [0.15, 0.2) is 77.3 Å². The number of nitrogens with zero attached hydrogens (tertiary/aromatic N) is 3. The number of allylic oxidation sites excluding steroid dienone is 1. The van der Waals surface area contributed by atoms with Crippen LogP contribution in [0.4, 0.5) is 5.69 Å². The fraction of sp³-hybridized carbons (Fsp3) is 0.182. The van der Waals surface area contributed by atoms with Crippen LogP contribution in [0.3, 0.4) is 0 Å². The van der Waals surface area contributed by atoms with Gasteiger partial charge in [0, 0.05) is 17.8 Å². The Bertz CT molecular complexity index is 1240. The number of aromatic nitrogens is 3. The van der Waals surface area contributed by atoms with Crippen molar-refractivity contribution >= 4 is 39.0 Å². The standard InChI is InChI=1S/C22H22N4O4S2/c1-3-12-26-20(15-32(29,30)19-10-5-4-6-11-19)24-25-22(26)31-14-21(28)23-18-9-7-8-17(13-18)16(2)27/h3-11,13H,1,12,14-15H2,2H3,(H,23,28). The zero-order valence-electron chi connectivity index (χ0n) is 17.4. The largest absolute Gasteiger partial charge is 0.325 e. The quantitative estimate of drug-likeness (QED) is 0.275. The summed E-state index contributed by atoms with van der Waals surface area (Å²) in [5.41, 5.74) is 1.02. The van der Waals surface area contributed by atoms with Gasteiger partial charge in [-0.2, -0.15) is 0 Å². The number of sulfone groups is 1. The Labute approximate surface area is 190 Å². The first kappa shape index (κ1) is 23.4. The Kier molecular flexibility index (Phi) is 7.60. The van der Waals surface area contributed by atoms with Crippen molar-refractivity contribution in [1.29, 1.82) is 0 Å². The SMILES string of the molecule is C=CCn1c(CS(=O)(=O)c2ccccc2)nnc1SCC(=O)Nc1cccc(C(C)=O)c1. The van der Waals surface area contributed by atoms with E-state index in [0.717, 1.165) is 11.8 Å². The molecule has 166 valence electrons. The highest BCUT2D eigenvalue weighted by atomic mass is 32.2. The van der Waals surface area contributed by atoms with Crippen LogP contribution in [-0.2, 0) is 26.9 Å². The summed E-state index contributed by atoms with van der Waals surface area (Å²) >= 11 is 1.14. The minimum Gasteiger partial charge on any atom is -0.325 e. The zero-order valence-corrected chi connectivity index (χ0v) is 19.0. The monoisotopic (exact) mass is 470 g/mol. The first-order chi connectivity index (χ1) is 15.3. The third-order valence-corrected chi connectivity index (χ3v) is 7.01. The molecular weight excluding hydrogens is 448 g/mol. The number of amides is 1. The molecule has 2 aromatic carbocycles. The third-order valence-electron chi connectivity index (χ3n) is 4.41. The van der Waals surface area contributed by atoms with Crippen molar-refractivity contribution in [2.75, 3.05) is 11.1 Å². The maximum atomic E-state index is 12.7. The summed E-state index contributed by atoms with van der Waals surface area (Å²) in [5.74, 6) is -0.396. The van der Waals surface area contributed by atoms with Crippen molar-refractivity contribution in [2.45, 2.75) is 29.3 Å². The number of rotatable bonds is 10. The minimum atomic E-state index is -3.60. The van der Waals surface area contributed by atoms with Crippen LogP contribution in [0, 0.1) is 0 Å². The molecule has 0 aliphatic carbocycles. The molecule has 0 spiro atoms. The topological polar surface area (TPSA) is 111 Å². The Morgan fingerprint density at radius 1 is 1.12 bits per heavy atom. The molecule has 3 aromatic rings. The van der Waals surface area contributed by atoms with Crippen LogP contribution < -0.4 is 5.32 Å². The molecule has 0 atom stereocenters. The molecule has 0 unspecified atom stereocenters. The number of thioether (sulfide) groups is 1. The molecule has 0 fully saturated rings. The highest BCUT2D eigenvalue weighted by Crippen LogP contribution is 2.21. The molecule has 1 heterocycles. The van der Waals surface area contributed by atoms with Crippen LogP contribution in [0.1, 0.15) is 23.1 Å². The molecule has 10 heteroatoms. The smallest absolute Gasteiger partial charge is 0.234 e. The van der Waals surface area contributed by atoms with Gasteiger partial charge in [-0.05, 0) is 31.2 Å². The highest BCUT2D eigenvalue weighted by molar-refractivity contribution is 7.99. The molecule has 1 amide bonds. The van der Waals surface area contributed by atoms with Gasteiger partial charge in [-0.1, -0.05) is 48.2 Å². The molecule has 3 rings (SSSR count). The van der Waals surface area contributed by atoms with Crippen molar-refractivity contribution < 1.29 is 18.0 Å². The first-order valence-electron chi connectivity index (χ1n) is 9.64. The van der Waals surface area contributed by atoms with Crippen molar-refractivity contribution in [3.8, 4) is 0 Å². The van der Waals surface area contributed by atoms with Gasteiger partial charge in [-0.3, -0.25) is 9.59 Å². The lowest BCUT2D eigenvalue weighted by Crippen LogP contribution is -2.15. The molecule has 1 aromatic heterocycles. The van der Waals surface area contributed by atoms with Gasteiger partial charge in [0.05, 0.1) is 10.6 Å². The van der Waals surface area contributed by atoms with Gasteiger partial charge in [0.2, 0.25) is 5.91 Å². The average molecular weight is 471 g/mol. The van der Waals surface area contributed by atoms with Crippen LogP contribution in [0.5, 0.6) is 0 Å². The summed E-state index contributed by atoms with van der Waals surface area (Å²) in [6.45, 7) is 5.46. The molecule has 0 saturated carbocycles. The number of Topliss-reactive ketones (excluding diaryl/α,β-unsaturated/α-hetero) is 1. The van der Waals surface area contributed by atoms with Gasteiger partial charge >= 0.3 is 0 Å². The minimum absolute atomic E-state index is 0.0327. The average Bonchev–Trinajstić information content (AvgIpc) is 3.14. The van der Waals surface area contributed by atoms with E-state index in [1.807, 2.05) is 0 Å². The van der Waals surface area contributed by atoms with E-state index in [-0.39, 0.29) is 33.9 Å². The molecule has 0 aliphatic rings. The van der Waals surface area contributed by atoms with E-state index < -0.39 is 9.84 Å². The number of benzene rings is 2. The summed E-state index contributed by atoms with van der Waals surface area (Å²) in [6.07, 6.45) is 1.61. The predicted octanol–water partition coefficient (Wildman–Crippen LogP) is 3.37. The summed E-state index contributed by atoms with van der Waals surface area (Å²) in [5, 5.41) is 11.3. The van der Waals surface area contributed by atoms with E-state index >= 15 is 0 Å². The number of carbonyl (C=O) groups excluding carboxylic acids is 2. The zero-order chi connectivity index (χ0) is 23.1. The molecule has 8 nitrogen and oxygen atoms in total. The number of nitrogens with one attached hydrogen (secondary N) is 1. The second-order valence-corrected chi connectivity index (χ2v) is 9.78. The van der Waals surface area contributed by atoms with Crippen molar-refractivity contribution in [2.24, 2.45) is 0 Å². The molecule has 0 radical (unpaired) electrons. The molecule has 0 bridgehead atoms. The van der Waals surface area contributed by atoms with E-state index in [0.29, 0.717) is 23.0 Å².